The Hall–Kier alpha value is -1.14. The second-order valence-electron chi connectivity index (χ2n) is 2.76. The highest BCUT2D eigenvalue weighted by atomic mass is 16.5. The van der Waals surface area contributed by atoms with Gasteiger partial charge in [-0.1, -0.05) is 0 Å². The van der Waals surface area contributed by atoms with Gasteiger partial charge in [0.15, 0.2) is 0 Å². The van der Waals surface area contributed by atoms with E-state index in [0.29, 0.717) is 26.3 Å². The molecule has 6 nitrogen and oxygen atoms in total. The molecule has 0 bridgehead atoms. The first kappa shape index (κ1) is 10.9. The Kier molecular flexibility index (Phi) is 4.34. The van der Waals surface area contributed by atoms with Crippen molar-refractivity contribution in [1.82, 2.24) is 10.4 Å². The predicted molar refractivity (Wildman–Crippen MR) is 47.2 cm³/mol. The quantitative estimate of drug-likeness (QED) is 0.455. The van der Waals surface area contributed by atoms with Gasteiger partial charge < -0.3 is 9.47 Å². The Morgan fingerprint density at radius 2 is 2.07 bits per heavy atom. The van der Waals surface area contributed by atoms with Gasteiger partial charge in [0.2, 0.25) is 0 Å². The van der Waals surface area contributed by atoms with E-state index in [9.17, 15) is 9.59 Å². The molecule has 1 fully saturated rings. The largest absolute Gasteiger partial charge is 0.459 e. The molecule has 1 N–H and O–H groups in total. The summed E-state index contributed by atoms with van der Waals surface area (Å²) in [5, 5.41) is 1.64. The summed E-state index contributed by atoms with van der Waals surface area (Å²) in [5.74, 6) is -1.58. The summed E-state index contributed by atoms with van der Waals surface area (Å²) in [7, 11) is 0. The number of ether oxygens (including phenoxy) is 2. The van der Waals surface area contributed by atoms with Crippen LogP contribution in [-0.4, -0.2) is 49.8 Å². The molecule has 0 aromatic heterocycles. The molecule has 0 radical (unpaired) electrons. The van der Waals surface area contributed by atoms with E-state index in [1.165, 1.54) is 0 Å². The minimum Gasteiger partial charge on any atom is -0.459 e. The third-order valence-electron chi connectivity index (χ3n) is 1.73. The van der Waals surface area contributed by atoms with Gasteiger partial charge >= 0.3 is 11.9 Å². The fourth-order valence-electron chi connectivity index (χ4n) is 1.06. The van der Waals surface area contributed by atoms with Gasteiger partial charge in [0.25, 0.3) is 0 Å². The van der Waals surface area contributed by atoms with Gasteiger partial charge in [-0.2, -0.15) is 0 Å². The lowest BCUT2D eigenvalue weighted by Gasteiger charge is -2.26. The van der Waals surface area contributed by atoms with Crippen LogP contribution < -0.4 is 5.43 Å². The smallest absolute Gasteiger partial charge is 0.398 e. The van der Waals surface area contributed by atoms with Gasteiger partial charge in [-0.25, -0.2) is 9.80 Å². The summed E-state index contributed by atoms with van der Waals surface area (Å²) in [6, 6.07) is 0. The maximum atomic E-state index is 11.1. The topological polar surface area (TPSA) is 67.9 Å². The second-order valence-corrected chi connectivity index (χ2v) is 2.76. The summed E-state index contributed by atoms with van der Waals surface area (Å²) >= 11 is 0. The molecule has 80 valence electrons. The van der Waals surface area contributed by atoms with E-state index < -0.39 is 11.9 Å². The minimum absolute atomic E-state index is 0.204. The van der Waals surface area contributed by atoms with Crippen LogP contribution >= 0.6 is 0 Å². The molecular weight excluding hydrogens is 188 g/mol. The number of amides is 1. The molecule has 0 aliphatic carbocycles. The standard InChI is InChI=1S/C8H14N2O4/c1-2-14-8(12)7(11)9-10-3-5-13-6-4-10/h2-6H2,1H3,(H,9,11). The average molecular weight is 202 g/mol. The van der Waals surface area contributed by atoms with E-state index in [1.54, 1.807) is 11.9 Å². The minimum atomic E-state index is -0.848. The first-order valence-corrected chi connectivity index (χ1v) is 4.54. The molecule has 1 aliphatic rings. The molecule has 0 aromatic carbocycles. The van der Waals surface area contributed by atoms with Crippen LogP contribution in [0.4, 0.5) is 0 Å². The van der Waals surface area contributed by atoms with Gasteiger partial charge in [0.05, 0.1) is 19.8 Å². The summed E-state index contributed by atoms with van der Waals surface area (Å²) in [4.78, 5) is 22.1. The van der Waals surface area contributed by atoms with E-state index in [-0.39, 0.29) is 6.61 Å². The fourth-order valence-corrected chi connectivity index (χ4v) is 1.06. The summed E-state index contributed by atoms with van der Waals surface area (Å²) in [5.41, 5.74) is 2.44. The lowest BCUT2D eigenvalue weighted by atomic mass is 10.5. The lowest BCUT2D eigenvalue weighted by Crippen LogP contribution is -2.50. The van der Waals surface area contributed by atoms with Crippen LogP contribution in [0.1, 0.15) is 6.92 Å². The molecule has 14 heavy (non-hydrogen) atoms. The molecule has 1 saturated heterocycles. The number of hydrazine groups is 1. The number of hydrogen-bond acceptors (Lipinski definition) is 5. The average Bonchev–Trinajstić information content (AvgIpc) is 2.19. The monoisotopic (exact) mass is 202 g/mol. The fraction of sp³-hybridized carbons (Fsp3) is 0.750. The molecule has 0 atom stereocenters. The molecular formula is C8H14N2O4. The van der Waals surface area contributed by atoms with Crippen LogP contribution in [0.3, 0.4) is 0 Å². The maximum absolute atomic E-state index is 11.1. The number of hydrogen-bond donors (Lipinski definition) is 1. The highest BCUT2D eigenvalue weighted by Gasteiger charge is 2.19. The molecule has 0 saturated carbocycles. The normalized spacial score (nSPS) is 17.5. The van der Waals surface area contributed by atoms with Crippen LogP contribution in [0.15, 0.2) is 0 Å². The second kappa shape index (κ2) is 5.56. The number of rotatable bonds is 2. The van der Waals surface area contributed by atoms with Gasteiger partial charge in [0.1, 0.15) is 0 Å². The SMILES string of the molecule is CCOC(=O)C(=O)NN1CCOCC1. The number of carbonyl (C=O) groups is 2. The van der Waals surface area contributed by atoms with Crippen LogP contribution in [0.25, 0.3) is 0 Å². The third-order valence-corrected chi connectivity index (χ3v) is 1.73. The lowest BCUT2D eigenvalue weighted by molar-refractivity contribution is -0.157. The van der Waals surface area contributed by atoms with Crippen molar-refractivity contribution in [3.63, 3.8) is 0 Å². The van der Waals surface area contributed by atoms with Crippen LogP contribution in [-0.2, 0) is 19.1 Å². The van der Waals surface area contributed by atoms with Crippen LogP contribution in [0, 0.1) is 0 Å². The predicted octanol–water partition coefficient (Wildman–Crippen LogP) is -1.09. The van der Waals surface area contributed by atoms with Crippen molar-refractivity contribution < 1.29 is 19.1 Å². The van der Waals surface area contributed by atoms with Gasteiger partial charge in [0, 0.05) is 13.1 Å². The van der Waals surface area contributed by atoms with Crippen molar-refractivity contribution in [3.8, 4) is 0 Å². The highest BCUT2D eigenvalue weighted by Crippen LogP contribution is 1.92. The van der Waals surface area contributed by atoms with Crippen molar-refractivity contribution in [2.24, 2.45) is 0 Å². The zero-order valence-corrected chi connectivity index (χ0v) is 8.12. The van der Waals surface area contributed by atoms with E-state index in [4.69, 9.17) is 4.74 Å². The van der Waals surface area contributed by atoms with Crippen LogP contribution in [0.5, 0.6) is 0 Å². The molecule has 0 aromatic rings. The Labute approximate surface area is 82.1 Å². The summed E-state index contributed by atoms with van der Waals surface area (Å²) in [6.45, 7) is 4.15. The third kappa shape index (κ3) is 3.31. The number of nitrogens with one attached hydrogen (secondary N) is 1. The van der Waals surface area contributed by atoms with Crippen molar-refractivity contribution >= 4 is 11.9 Å². The van der Waals surface area contributed by atoms with Gasteiger partial charge in [-0.15, -0.1) is 0 Å². The Balaban J connectivity index is 2.28. The van der Waals surface area contributed by atoms with Gasteiger partial charge in [-0.05, 0) is 6.92 Å². The number of nitrogens with zero attached hydrogens (tertiary/aromatic N) is 1. The number of morpholine rings is 1. The molecule has 0 unspecified atom stereocenters. The van der Waals surface area contributed by atoms with Crippen molar-refractivity contribution in [3.05, 3.63) is 0 Å². The highest BCUT2D eigenvalue weighted by molar-refractivity contribution is 6.32. The Morgan fingerprint density at radius 1 is 1.43 bits per heavy atom. The Bertz CT molecular complexity index is 213. The van der Waals surface area contributed by atoms with Crippen molar-refractivity contribution in [2.75, 3.05) is 32.9 Å². The van der Waals surface area contributed by atoms with E-state index in [0.717, 1.165) is 0 Å². The first-order chi connectivity index (χ1) is 6.74. The summed E-state index contributed by atoms with van der Waals surface area (Å²) in [6.07, 6.45) is 0. The number of esters is 1. The van der Waals surface area contributed by atoms with E-state index in [2.05, 4.69) is 10.2 Å². The van der Waals surface area contributed by atoms with E-state index in [1.807, 2.05) is 0 Å². The van der Waals surface area contributed by atoms with Crippen LogP contribution in [0.2, 0.25) is 0 Å². The molecule has 1 amide bonds. The zero-order valence-electron chi connectivity index (χ0n) is 8.12. The zero-order chi connectivity index (χ0) is 10.4. The number of carbonyl (C=O) groups excluding carboxylic acids is 2. The molecule has 1 rings (SSSR count). The van der Waals surface area contributed by atoms with E-state index >= 15 is 0 Å². The molecule has 1 heterocycles. The summed E-state index contributed by atoms with van der Waals surface area (Å²) < 4.78 is 9.62. The van der Waals surface area contributed by atoms with Crippen molar-refractivity contribution in [1.29, 1.82) is 0 Å². The molecule has 1 aliphatic heterocycles. The molecule has 0 spiro atoms. The van der Waals surface area contributed by atoms with Crippen molar-refractivity contribution in [2.45, 2.75) is 6.92 Å². The maximum Gasteiger partial charge on any atom is 0.398 e. The molecule has 6 heteroatoms. The van der Waals surface area contributed by atoms with Gasteiger partial charge in [-0.3, -0.25) is 10.2 Å². The first-order valence-electron chi connectivity index (χ1n) is 4.54. The Morgan fingerprint density at radius 3 is 2.64 bits per heavy atom.